The number of amides is 1. The molecule has 0 aliphatic rings. The smallest absolute Gasteiger partial charge is 0.277 e. The maximum atomic E-state index is 12.2. The highest BCUT2D eigenvalue weighted by Gasteiger charge is 2.22. The van der Waals surface area contributed by atoms with Crippen molar-refractivity contribution in [2.45, 2.75) is 44.8 Å². The summed E-state index contributed by atoms with van der Waals surface area (Å²) in [5.74, 6) is 0.591. The quantitative estimate of drug-likeness (QED) is 0.598. The molecule has 6 nitrogen and oxygen atoms in total. The van der Waals surface area contributed by atoms with E-state index in [4.69, 9.17) is 4.42 Å². The molecule has 0 unspecified atom stereocenters. The summed E-state index contributed by atoms with van der Waals surface area (Å²) in [7, 11) is 0. The Bertz CT molecular complexity index is 910. The number of carbonyl (C=O) groups is 1. The van der Waals surface area contributed by atoms with Crippen LogP contribution in [-0.2, 0) is 16.6 Å². The highest BCUT2D eigenvalue weighted by Crippen LogP contribution is 2.27. The summed E-state index contributed by atoms with van der Waals surface area (Å²) in [5, 5.41) is 13.7. The summed E-state index contributed by atoms with van der Waals surface area (Å²) in [6.45, 7) is 8.12. The summed E-state index contributed by atoms with van der Waals surface area (Å²) in [5.41, 5.74) is 2.98. The first kappa shape index (κ1) is 19.6. The molecule has 0 spiro atoms. The third-order valence-electron chi connectivity index (χ3n) is 3.78. The molecule has 0 atom stereocenters. The first-order chi connectivity index (χ1) is 12.8. The molecule has 3 aromatic rings. The number of aryl methyl sites for hydroxylation is 1. The number of thiazole rings is 1. The van der Waals surface area contributed by atoms with Gasteiger partial charge in [0.15, 0.2) is 5.13 Å². The van der Waals surface area contributed by atoms with E-state index >= 15 is 0 Å². The minimum atomic E-state index is -0.208. The molecular formula is C19H22N4O2S2. The Kier molecular flexibility index (Phi) is 5.96. The van der Waals surface area contributed by atoms with Crippen molar-refractivity contribution in [3.8, 4) is 11.3 Å². The highest BCUT2D eigenvalue weighted by atomic mass is 32.2. The van der Waals surface area contributed by atoms with Gasteiger partial charge in [-0.15, -0.1) is 21.5 Å². The van der Waals surface area contributed by atoms with Gasteiger partial charge in [-0.25, -0.2) is 4.98 Å². The molecule has 0 saturated heterocycles. The predicted molar refractivity (Wildman–Crippen MR) is 109 cm³/mol. The Morgan fingerprint density at radius 1 is 1.22 bits per heavy atom. The van der Waals surface area contributed by atoms with E-state index in [1.54, 1.807) is 0 Å². The third-order valence-corrected chi connectivity index (χ3v) is 5.36. The molecule has 2 aromatic heterocycles. The Labute approximate surface area is 166 Å². The molecule has 1 aromatic carbocycles. The fourth-order valence-corrected chi connectivity index (χ4v) is 3.53. The van der Waals surface area contributed by atoms with Gasteiger partial charge in [0, 0.05) is 16.4 Å². The van der Waals surface area contributed by atoms with Crippen LogP contribution in [0, 0.1) is 0 Å². The minimum absolute atomic E-state index is 0.155. The lowest BCUT2D eigenvalue weighted by Gasteiger charge is -2.10. The average molecular weight is 403 g/mol. The topological polar surface area (TPSA) is 80.9 Å². The number of nitrogens with one attached hydrogen (secondary N) is 1. The SMILES string of the molecule is CCc1ccc(-c2csc(NC(=O)CSc3nnc(C(C)(C)C)o3)n2)cc1. The first-order valence-corrected chi connectivity index (χ1v) is 10.5. The van der Waals surface area contributed by atoms with Gasteiger partial charge in [0.05, 0.1) is 11.4 Å². The van der Waals surface area contributed by atoms with Crippen molar-refractivity contribution in [1.82, 2.24) is 15.2 Å². The normalized spacial score (nSPS) is 11.6. The van der Waals surface area contributed by atoms with Gasteiger partial charge >= 0.3 is 0 Å². The maximum absolute atomic E-state index is 12.2. The van der Waals surface area contributed by atoms with Crippen LogP contribution >= 0.6 is 23.1 Å². The molecule has 0 bridgehead atoms. The van der Waals surface area contributed by atoms with Gasteiger partial charge in [0.25, 0.3) is 5.22 Å². The van der Waals surface area contributed by atoms with E-state index in [-0.39, 0.29) is 17.1 Å². The Morgan fingerprint density at radius 2 is 1.96 bits per heavy atom. The Balaban J connectivity index is 1.55. The standard InChI is InChI=1S/C19H22N4O2S2/c1-5-12-6-8-13(9-7-12)14-10-26-17(20-14)21-15(24)11-27-18-23-22-16(25-18)19(2,3)4/h6-10H,5,11H2,1-4H3,(H,20,21,24). The molecule has 8 heteroatoms. The monoisotopic (exact) mass is 402 g/mol. The number of anilines is 1. The second-order valence-corrected chi connectivity index (χ2v) is 8.83. The largest absolute Gasteiger partial charge is 0.415 e. The fourth-order valence-electron chi connectivity index (χ4n) is 2.23. The summed E-state index contributed by atoms with van der Waals surface area (Å²) >= 11 is 2.62. The molecule has 2 heterocycles. The van der Waals surface area contributed by atoms with Gasteiger partial charge in [0.2, 0.25) is 11.8 Å². The number of carbonyl (C=O) groups excluding carboxylic acids is 1. The lowest BCUT2D eigenvalue weighted by atomic mass is 9.97. The number of benzene rings is 1. The zero-order chi connectivity index (χ0) is 19.4. The first-order valence-electron chi connectivity index (χ1n) is 8.66. The molecule has 1 N–H and O–H groups in total. The second-order valence-electron chi connectivity index (χ2n) is 7.05. The van der Waals surface area contributed by atoms with Gasteiger partial charge < -0.3 is 9.73 Å². The summed E-state index contributed by atoms with van der Waals surface area (Å²) in [6, 6.07) is 8.30. The van der Waals surface area contributed by atoms with Crippen LogP contribution in [0.5, 0.6) is 0 Å². The van der Waals surface area contributed by atoms with Gasteiger partial charge in [0.1, 0.15) is 0 Å². The molecule has 0 saturated carbocycles. The van der Waals surface area contributed by atoms with Crippen molar-refractivity contribution >= 4 is 34.1 Å². The van der Waals surface area contributed by atoms with Crippen molar-refractivity contribution in [3.05, 3.63) is 41.1 Å². The van der Waals surface area contributed by atoms with Crippen LogP contribution in [0.3, 0.4) is 0 Å². The number of rotatable bonds is 6. The van der Waals surface area contributed by atoms with Gasteiger partial charge in [-0.2, -0.15) is 0 Å². The molecule has 0 aliphatic heterocycles. The minimum Gasteiger partial charge on any atom is -0.415 e. The number of nitrogens with zero attached hydrogens (tertiary/aromatic N) is 3. The Morgan fingerprint density at radius 3 is 2.59 bits per heavy atom. The van der Waals surface area contributed by atoms with Crippen molar-refractivity contribution in [1.29, 1.82) is 0 Å². The molecular weight excluding hydrogens is 380 g/mol. The number of aromatic nitrogens is 3. The van der Waals surface area contributed by atoms with Crippen molar-refractivity contribution in [2.75, 3.05) is 11.1 Å². The molecule has 142 valence electrons. The average Bonchev–Trinajstić information content (AvgIpc) is 3.29. The van der Waals surface area contributed by atoms with Crippen LogP contribution in [-0.4, -0.2) is 26.8 Å². The Hall–Kier alpha value is -2.19. The van der Waals surface area contributed by atoms with Crippen LogP contribution in [0.25, 0.3) is 11.3 Å². The van der Waals surface area contributed by atoms with E-state index < -0.39 is 0 Å². The fraction of sp³-hybridized carbons (Fsp3) is 0.368. The third kappa shape index (κ3) is 5.17. The van der Waals surface area contributed by atoms with Crippen LogP contribution in [0.15, 0.2) is 39.3 Å². The van der Waals surface area contributed by atoms with Crippen molar-refractivity contribution < 1.29 is 9.21 Å². The molecule has 0 radical (unpaired) electrons. The summed E-state index contributed by atoms with van der Waals surface area (Å²) in [6.07, 6.45) is 1.01. The van der Waals surface area contributed by atoms with Crippen LogP contribution < -0.4 is 5.32 Å². The highest BCUT2D eigenvalue weighted by molar-refractivity contribution is 7.99. The number of thioether (sulfide) groups is 1. The maximum Gasteiger partial charge on any atom is 0.277 e. The summed E-state index contributed by atoms with van der Waals surface area (Å²) < 4.78 is 5.58. The van der Waals surface area contributed by atoms with E-state index in [9.17, 15) is 4.79 Å². The zero-order valence-electron chi connectivity index (χ0n) is 15.8. The predicted octanol–water partition coefficient (Wildman–Crippen LogP) is 4.78. The van der Waals surface area contributed by atoms with Crippen molar-refractivity contribution in [3.63, 3.8) is 0 Å². The number of hydrogen-bond acceptors (Lipinski definition) is 7. The van der Waals surface area contributed by atoms with E-state index in [2.05, 4.69) is 51.7 Å². The van der Waals surface area contributed by atoms with Crippen LogP contribution in [0.1, 0.15) is 39.1 Å². The second kappa shape index (κ2) is 8.22. The van der Waals surface area contributed by atoms with E-state index in [0.29, 0.717) is 16.2 Å². The summed E-state index contributed by atoms with van der Waals surface area (Å²) in [4.78, 5) is 16.7. The van der Waals surface area contributed by atoms with Crippen LogP contribution in [0.4, 0.5) is 5.13 Å². The van der Waals surface area contributed by atoms with Gasteiger partial charge in [-0.3, -0.25) is 4.79 Å². The van der Waals surface area contributed by atoms with E-state index in [0.717, 1.165) is 17.7 Å². The van der Waals surface area contributed by atoms with Gasteiger partial charge in [-0.1, -0.05) is 63.7 Å². The van der Waals surface area contributed by atoms with Crippen molar-refractivity contribution in [2.24, 2.45) is 0 Å². The molecule has 0 aliphatic carbocycles. The van der Waals surface area contributed by atoms with Gasteiger partial charge in [-0.05, 0) is 12.0 Å². The van der Waals surface area contributed by atoms with E-state index in [1.807, 2.05) is 26.2 Å². The van der Waals surface area contributed by atoms with Crippen LogP contribution in [0.2, 0.25) is 0 Å². The molecule has 27 heavy (non-hydrogen) atoms. The lowest BCUT2D eigenvalue weighted by molar-refractivity contribution is -0.113. The lowest BCUT2D eigenvalue weighted by Crippen LogP contribution is -2.13. The molecule has 0 fully saturated rings. The van der Waals surface area contributed by atoms with E-state index in [1.165, 1.54) is 28.7 Å². The molecule has 3 rings (SSSR count). The number of hydrogen-bond donors (Lipinski definition) is 1. The molecule has 1 amide bonds. The zero-order valence-corrected chi connectivity index (χ0v) is 17.4.